The Balaban J connectivity index is 2.10. The zero-order valence-corrected chi connectivity index (χ0v) is 7.27. The van der Waals surface area contributed by atoms with Crippen molar-refractivity contribution in [2.75, 3.05) is 6.61 Å². The lowest BCUT2D eigenvalue weighted by Crippen LogP contribution is -2.42. The fourth-order valence-electron chi connectivity index (χ4n) is 2.61. The number of amides is 2. The second-order valence-electron chi connectivity index (χ2n) is 3.91. The van der Waals surface area contributed by atoms with E-state index in [2.05, 4.69) is 5.32 Å². The van der Waals surface area contributed by atoms with Crippen molar-refractivity contribution in [1.29, 1.82) is 0 Å². The van der Waals surface area contributed by atoms with Gasteiger partial charge in [-0.3, -0.25) is 14.9 Å². The SMILES string of the molecule is O=C1NC(=O)[C@@H]2[C@H]1[C@H]1C=C[C@@]2(CO)O1. The van der Waals surface area contributed by atoms with Gasteiger partial charge in [0.1, 0.15) is 5.60 Å². The van der Waals surface area contributed by atoms with Crippen LogP contribution in [0.3, 0.4) is 0 Å². The number of aliphatic hydroxyl groups excluding tert-OH is 1. The van der Waals surface area contributed by atoms with Crippen LogP contribution in [0.25, 0.3) is 0 Å². The Labute approximate surface area is 79.7 Å². The van der Waals surface area contributed by atoms with Crippen molar-refractivity contribution in [3.05, 3.63) is 12.2 Å². The van der Waals surface area contributed by atoms with Gasteiger partial charge >= 0.3 is 0 Å². The fourth-order valence-corrected chi connectivity index (χ4v) is 2.61. The molecule has 0 spiro atoms. The minimum Gasteiger partial charge on any atom is -0.393 e. The molecule has 14 heavy (non-hydrogen) atoms. The average Bonchev–Trinajstić information content (AvgIpc) is 2.78. The lowest BCUT2D eigenvalue weighted by molar-refractivity contribution is -0.131. The molecule has 0 aromatic heterocycles. The smallest absolute Gasteiger partial charge is 0.233 e. The van der Waals surface area contributed by atoms with Crippen LogP contribution in [-0.2, 0) is 14.3 Å². The Hall–Kier alpha value is -1.20. The molecule has 0 aromatic carbocycles. The lowest BCUT2D eigenvalue weighted by Gasteiger charge is -2.24. The maximum absolute atomic E-state index is 11.5. The Morgan fingerprint density at radius 1 is 1.50 bits per heavy atom. The summed E-state index contributed by atoms with van der Waals surface area (Å²) in [6, 6.07) is 0. The number of imide groups is 1. The van der Waals surface area contributed by atoms with E-state index in [-0.39, 0.29) is 24.5 Å². The highest BCUT2D eigenvalue weighted by Crippen LogP contribution is 2.49. The standard InChI is InChI=1S/C9H9NO4/c11-3-9-2-1-4(14-9)5-6(9)8(13)10-7(5)12/h1-2,4-6,11H,3H2,(H,10,12,13)/t4-,5-,6+,9+/m1/s1. The number of rotatable bonds is 1. The third-order valence-electron chi connectivity index (χ3n) is 3.24. The number of ether oxygens (including phenoxy) is 1. The van der Waals surface area contributed by atoms with E-state index in [0.29, 0.717) is 0 Å². The second kappa shape index (κ2) is 2.24. The van der Waals surface area contributed by atoms with Crippen LogP contribution < -0.4 is 5.32 Å². The van der Waals surface area contributed by atoms with Crippen LogP contribution in [0.4, 0.5) is 0 Å². The van der Waals surface area contributed by atoms with Gasteiger partial charge in [0, 0.05) is 0 Å². The molecule has 4 atom stereocenters. The molecule has 2 amide bonds. The largest absolute Gasteiger partial charge is 0.393 e. The summed E-state index contributed by atoms with van der Waals surface area (Å²) in [5, 5.41) is 11.5. The molecule has 2 saturated heterocycles. The zero-order valence-electron chi connectivity index (χ0n) is 7.27. The first-order valence-corrected chi connectivity index (χ1v) is 4.51. The molecule has 2 N–H and O–H groups in total. The molecule has 5 heteroatoms. The minimum absolute atomic E-state index is 0.262. The first kappa shape index (κ1) is 8.14. The summed E-state index contributed by atoms with van der Waals surface area (Å²) >= 11 is 0. The number of carbonyl (C=O) groups is 2. The van der Waals surface area contributed by atoms with Gasteiger partial charge in [0.25, 0.3) is 0 Å². The van der Waals surface area contributed by atoms with Crippen molar-refractivity contribution in [2.24, 2.45) is 11.8 Å². The van der Waals surface area contributed by atoms with E-state index in [1.54, 1.807) is 12.2 Å². The molecule has 0 radical (unpaired) electrons. The molecular weight excluding hydrogens is 186 g/mol. The number of carbonyl (C=O) groups excluding carboxylic acids is 2. The monoisotopic (exact) mass is 195 g/mol. The van der Waals surface area contributed by atoms with Crippen LogP contribution in [0.5, 0.6) is 0 Å². The first-order valence-electron chi connectivity index (χ1n) is 4.51. The van der Waals surface area contributed by atoms with Crippen LogP contribution in [-0.4, -0.2) is 35.2 Å². The van der Waals surface area contributed by atoms with Crippen molar-refractivity contribution in [2.45, 2.75) is 11.7 Å². The van der Waals surface area contributed by atoms with Crippen molar-refractivity contribution in [1.82, 2.24) is 5.32 Å². The number of nitrogens with one attached hydrogen (secondary N) is 1. The van der Waals surface area contributed by atoms with Gasteiger partial charge in [-0.15, -0.1) is 0 Å². The van der Waals surface area contributed by atoms with Crippen LogP contribution >= 0.6 is 0 Å². The molecule has 5 nitrogen and oxygen atoms in total. The summed E-state index contributed by atoms with van der Waals surface area (Å²) < 4.78 is 5.47. The van der Waals surface area contributed by atoms with Gasteiger partial charge in [0.2, 0.25) is 11.8 Å². The fraction of sp³-hybridized carbons (Fsp3) is 0.556. The summed E-state index contributed by atoms with van der Waals surface area (Å²) in [6.07, 6.45) is 3.09. The summed E-state index contributed by atoms with van der Waals surface area (Å²) in [4.78, 5) is 22.8. The van der Waals surface area contributed by atoms with Crippen molar-refractivity contribution in [3.8, 4) is 0 Å². The van der Waals surface area contributed by atoms with E-state index in [1.165, 1.54) is 0 Å². The van der Waals surface area contributed by atoms with Gasteiger partial charge in [-0.25, -0.2) is 0 Å². The summed E-state index contributed by atoms with van der Waals surface area (Å²) in [5.74, 6) is -1.61. The maximum atomic E-state index is 11.5. The number of hydrogen-bond acceptors (Lipinski definition) is 4. The van der Waals surface area contributed by atoms with E-state index in [0.717, 1.165) is 0 Å². The quantitative estimate of drug-likeness (QED) is 0.397. The number of aliphatic hydroxyl groups is 1. The van der Waals surface area contributed by atoms with Crippen LogP contribution in [0.15, 0.2) is 12.2 Å². The van der Waals surface area contributed by atoms with Crippen LogP contribution in [0.2, 0.25) is 0 Å². The van der Waals surface area contributed by atoms with Gasteiger partial charge in [0.15, 0.2) is 0 Å². The normalized spacial score (nSPS) is 48.5. The predicted molar refractivity (Wildman–Crippen MR) is 44.0 cm³/mol. The Kier molecular flexibility index (Phi) is 1.30. The first-order chi connectivity index (χ1) is 6.68. The maximum Gasteiger partial charge on any atom is 0.233 e. The Morgan fingerprint density at radius 2 is 2.29 bits per heavy atom. The molecule has 2 fully saturated rings. The summed E-state index contributed by atoms with van der Waals surface area (Å²) in [7, 11) is 0. The van der Waals surface area contributed by atoms with E-state index >= 15 is 0 Å². The molecule has 3 rings (SSSR count). The highest BCUT2D eigenvalue weighted by Gasteiger charge is 2.65. The van der Waals surface area contributed by atoms with Gasteiger partial charge in [-0.1, -0.05) is 12.2 Å². The molecule has 0 aliphatic carbocycles. The molecule has 3 heterocycles. The lowest BCUT2D eigenvalue weighted by atomic mass is 9.77. The van der Waals surface area contributed by atoms with E-state index < -0.39 is 17.4 Å². The molecule has 3 aliphatic rings. The number of fused-ring (bicyclic) bond motifs is 5. The van der Waals surface area contributed by atoms with E-state index in [4.69, 9.17) is 4.74 Å². The highest BCUT2D eigenvalue weighted by molar-refractivity contribution is 6.07. The zero-order chi connectivity index (χ0) is 9.92. The molecule has 0 aromatic rings. The van der Waals surface area contributed by atoms with Gasteiger partial charge in [0.05, 0.1) is 24.5 Å². The summed E-state index contributed by atoms with van der Waals surface area (Å²) in [5.41, 5.74) is -0.953. The van der Waals surface area contributed by atoms with Gasteiger partial charge in [-0.2, -0.15) is 0 Å². The predicted octanol–water partition coefficient (Wildman–Crippen LogP) is -1.43. The molecule has 74 valence electrons. The van der Waals surface area contributed by atoms with Crippen LogP contribution in [0.1, 0.15) is 0 Å². The third-order valence-corrected chi connectivity index (χ3v) is 3.24. The summed E-state index contributed by atoms with van der Waals surface area (Å²) in [6.45, 7) is -0.262. The van der Waals surface area contributed by atoms with E-state index in [9.17, 15) is 14.7 Å². The average molecular weight is 195 g/mol. The minimum atomic E-state index is -0.953. The second-order valence-corrected chi connectivity index (χ2v) is 3.91. The molecule has 2 bridgehead atoms. The van der Waals surface area contributed by atoms with Crippen molar-refractivity contribution < 1.29 is 19.4 Å². The van der Waals surface area contributed by atoms with Crippen molar-refractivity contribution in [3.63, 3.8) is 0 Å². The van der Waals surface area contributed by atoms with E-state index in [1.807, 2.05) is 0 Å². The molecule has 0 saturated carbocycles. The molecule has 3 aliphatic heterocycles. The Morgan fingerprint density at radius 3 is 3.00 bits per heavy atom. The van der Waals surface area contributed by atoms with Gasteiger partial charge < -0.3 is 9.84 Å². The number of hydrogen-bond donors (Lipinski definition) is 2. The van der Waals surface area contributed by atoms with Crippen LogP contribution in [0, 0.1) is 11.8 Å². The third kappa shape index (κ3) is 0.689. The highest BCUT2D eigenvalue weighted by atomic mass is 16.5. The molecule has 0 unspecified atom stereocenters. The Bertz CT molecular complexity index is 364. The topological polar surface area (TPSA) is 75.6 Å². The van der Waals surface area contributed by atoms with Crippen molar-refractivity contribution >= 4 is 11.8 Å². The molecular formula is C9H9NO4. The van der Waals surface area contributed by atoms with Gasteiger partial charge in [-0.05, 0) is 0 Å².